The number of amides is 1. The molecule has 1 aliphatic heterocycles. The lowest BCUT2D eigenvalue weighted by atomic mass is 9.84. The molecule has 1 heterocycles. The number of rotatable bonds is 18. The molecule has 2 aromatic carbocycles. The number of quaternary nitrogens is 1. The predicted molar refractivity (Wildman–Crippen MR) is 173 cm³/mol. The van der Waals surface area contributed by atoms with E-state index in [0.717, 1.165) is 50.9 Å². The molecule has 0 unspecified atom stereocenters. The topological polar surface area (TPSA) is 75.7 Å². The third kappa shape index (κ3) is 11.3. The number of ketones is 1. The molecule has 0 atom stereocenters. The van der Waals surface area contributed by atoms with Crippen molar-refractivity contribution in [2.45, 2.75) is 77.2 Å². The number of carbonyl (C=O) groups is 3. The maximum Gasteiger partial charge on any atom is 0.308 e. The first kappa shape index (κ1) is 35.7. The van der Waals surface area contributed by atoms with Gasteiger partial charge < -0.3 is 19.4 Å². The van der Waals surface area contributed by atoms with Gasteiger partial charge in [0.25, 0.3) is 5.91 Å². The third-order valence-corrected chi connectivity index (χ3v) is 8.92. The summed E-state index contributed by atoms with van der Waals surface area (Å²) in [6.07, 6.45) is 6.76. The van der Waals surface area contributed by atoms with Gasteiger partial charge in [0.05, 0.1) is 26.6 Å². The lowest BCUT2D eigenvalue weighted by molar-refractivity contribution is -0.902. The highest BCUT2D eigenvalue weighted by atomic mass is 35.5. The molecule has 2 aromatic rings. The van der Waals surface area contributed by atoms with Crippen molar-refractivity contribution in [3.8, 4) is 0 Å². The number of likely N-dealkylation sites (tertiary alicyclic amines) is 1. The van der Waals surface area contributed by atoms with E-state index < -0.39 is 5.60 Å². The van der Waals surface area contributed by atoms with Gasteiger partial charge in [-0.25, -0.2) is 4.39 Å². The van der Waals surface area contributed by atoms with Gasteiger partial charge in [-0.2, -0.15) is 0 Å². The number of hydrogen-bond donors (Lipinski definition) is 1. The Balaban J connectivity index is 1.52. The normalized spacial score (nSPS) is 15.1. The molecule has 0 bridgehead atoms. The van der Waals surface area contributed by atoms with Crippen LogP contribution in [0.2, 0.25) is 5.02 Å². The molecule has 0 saturated carbocycles. The first-order valence-corrected chi connectivity index (χ1v) is 16.5. The van der Waals surface area contributed by atoms with E-state index in [1.807, 2.05) is 24.3 Å². The van der Waals surface area contributed by atoms with Crippen LogP contribution in [0.5, 0.6) is 0 Å². The summed E-state index contributed by atoms with van der Waals surface area (Å²) in [5.41, 5.74) is 0.656. The molecule has 7 nitrogen and oxygen atoms in total. The van der Waals surface area contributed by atoms with Crippen LogP contribution >= 0.6 is 11.6 Å². The number of nitrogens with one attached hydrogen (secondary N) is 1. The molecule has 0 radical (unpaired) electrons. The molecule has 0 spiro atoms. The van der Waals surface area contributed by atoms with Gasteiger partial charge in [-0.05, 0) is 67.8 Å². The Morgan fingerprint density at radius 1 is 0.932 bits per heavy atom. The van der Waals surface area contributed by atoms with Crippen LogP contribution < -0.4 is 5.32 Å². The number of unbranched alkanes of at least 4 members (excludes halogenated alkanes) is 2. The number of benzene rings is 2. The molecule has 0 aromatic heterocycles. The second-order valence-corrected chi connectivity index (χ2v) is 12.8. The van der Waals surface area contributed by atoms with Crippen molar-refractivity contribution < 1.29 is 28.0 Å². The van der Waals surface area contributed by atoms with Gasteiger partial charge in [-0.1, -0.05) is 50.4 Å². The summed E-state index contributed by atoms with van der Waals surface area (Å²) in [5.74, 6) is -0.727. The number of likely N-dealkylation sites (N-methyl/N-ethyl adjacent to an activating group) is 1. The summed E-state index contributed by atoms with van der Waals surface area (Å²) in [4.78, 5) is 40.7. The maximum atomic E-state index is 13.2. The summed E-state index contributed by atoms with van der Waals surface area (Å²) in [7, 11) is 2.14. The van der Waals surface area contributed by atoms with Crippen molar-refractivity contribution in [3.05, 3.63) is 70.5 Å². The molecule has 1 N–H and O–H groups in total. The molecule has 9 heteroatoms. The average molecular weight is 631 g/mol. The zero-order valence-corrected chi connectivity index (χ0v) is 27.5. The molecule has 1 aliphatic rings. The molecule has 1 saturated heterocycles. The Bertz CT molecular complexity index is 1190. The summed E-state index contributed by atoms with van der Waals surface area (Å²) in [5, 5.41) is 3.56. The fourth-order valence-electron chi connectivity index (χ4n) is 5.91. The van der Waals surface area contributed by atoms with E-state index in [1.165, 1.54) is 24.3 Å². The third-order valence-electron chi connectivity index (χ3n) is 8.67. The van der Waals surface area contributed by atoms with Crippen molar-refractivity contribution in [1.29, 1.82) is 0 Å². The van der Waals surface area contributed by atoms with Crippen LogP contribution in [0.1, 0.15) is 87.6 Å². The van der Waals surface area contributed by atoms with E-state index in [1.54, 1.807) is 0 Å². The van der Waals surface area contributed by atoms with Gasteiger partial charge in [-0.15, -0.1) is 0 Å². The molecular weight excluding hydrogens is 581 g/mol. The van der Waals surface area contributed by atoms with Gasteiger partial charge in [0.1, 0.15) is 11.4 Å². The minimum atomic E-state index is -0.776. The first-order valence-electron chi connectivity index (χ1n) is 16.2. The molecule has 0 aliphatic carbocycles. The molecule has 1 amide bonds. The number of carbonyl (C=O) groups excluding carboxylic acids is 3. The highest BCUT2D eigenvalue weighted by Crippen LogP contribution is 2.38. The highest BCUT2D eigenvalue weighted by molar-refractivity contribution is 6.30. The summed E-state index contributed by atoms with van der Waals surface area (Å²) in [6, 6.07) is 13.1. The van der Waals surface area contributed by atoms with Crippen LogP contribution in [0.3, 0.4) is 0 Å². The van der Waals surface area contributed by atoms with E-state index in [4.69, 9.17) is 16.3 Å². The van der Waals surface area contributed by atoms with Gasteiger partial charge in [0.2, 0.25) is 0 Å². The molecule has 242 valence electrons. The number of ether oxygens (including phenoxy) is 1. The van der Waals surface area contributed by atoms with E-state index >= 15 is 0 Å². The van der Waals surface area contributed by atoms with Crippen molar-refractivity contribution in [2.24, 2.45) is 0 Å². The van der Waals surface area contributed by atoms with E-state index in [9.17, 15) is 18.8 Å². The minimum Gasteiger partial charge on any atom is -0.454 e. The van der Waals surface area contributed by atoms with Crippen LogP contribution in [0.25, 0.3) is 0 Å². The minimum absolute atomic E-state index is 0.00373. The van der Waals surface area contributed by atoms with E-state index in [0.29, 0.717) is 60.4 Å². The number of Topliss-reactive ketones (excluding diaryl/α,β-unsaturated/α-hetero) is 1. The Kier molecular flexibility index (Phi) is 14.3. The maximum absolute atomic E-state index is 13.2. The average Bonchev–Trinajstić information content (AvgIpc) is 3.00. The Morgan fingerprint density at radius 2 is 1.55 bits per heavy atom. The van der Waals surface area contributed by atoms with Gasteiger partial charge >= 0.3 is 5.97 Å². The monoisotopic (exact) mass is 630 g/mol. The SMILES string of the molecule is CCCC[N+](C)(CCCC)CC(=O)NCCC(=O)OC1(c2ccc(Cl)cc2)CCN(CCCC(=O)c2ccc(F)cc2)CC1. The number of esters is 1. The van der Waals surface area contributed by atoms with Crippen molar-refractivity contribution >= 4 is 29.3 Å². The van der Waals surface area contributed by atoms with Crippen molar-refractivity contribution in [3.63, 3.8) is 0 Å². The summed E-state index contributed by atoms with van der Waals surface area (Å²) < 4.78 is 20.1. The smallest absolute Gasteiger partial charge is 0.308 e. The zero-order chi connectivity index (χ0) is 32.0. The van der Waals surface area contributed by atoms with Crippen LogP contribution in [0.15, 0.2) is 48.5 Å². The number of nitrogens with zero attached hydrogens (tertiary/aromatic N) is 2. The standard InChI is InChI=1S/C35H49ClFN3O4/c1-4-6-25-40(3,26-7-5-2)27-33(42)38-21-18-34(43)44-35(29-12-14-30(36)15-13-29)19-23-39(24-20-35)22-8-9-32(41)28-10-16-31(37)17-11-28/h10-17H,4-9,18-27H2,1-3H3/p+1. The van der Waals surface area contributed by atoms with Crippen molar-refractivity contribution in [2.75, 3.05) is 52.9 Å². The van der Waals surface area contributed by atoms with E-state index in [2.05, 4.69) is 31.1 Å². The molecule has 1 fully saturated rings. The zero-order valence-electron chi connectivity index (χ0n) is 26.7. The van der Waals surface area contributed by atoms with E-state index in [-0.39, 0.29) is 36.4 Å². The Hall–Kier alpha value is -2.81. The first-order chi connectivity index (χ1) is 21.1. The quantitative estimate of drug-likeness (QED) is 0.115. The van der Waals surface area contributed by atoms with Gasteiger partial charge in [0.15, 0.2) is 12.3 Å². The van der Waals surface area contributed by atoms with Crippen LogP contribution in [0, 0.1) is 5.82 Å². The van der Waals surface area contributed by atoms with Crippen LogP contribution in [-0.4, -0.2) is 79.9 Å². The van der Waals surface area contributed by atoms with Crippen LogP contribution in [-0.2, 0) is 19.9 Å². The predicted octanol–water partition coefficient (Wildman–Crippen LogP) is 6.53. The second kappa shape index (κ2) is 17.6. The fourth-order valence-corrected chi connectivity index (χ4v) is 6.04. The summed E-state index contributed by atoms with van der Waals surface area (Å²) >= 11 is 6.16. The molecule has 44 heavy (non-hydrogen) atoms. The van der Waals surface area contributed by atoms with Crippen LogP contribution in [0.4, 0.5) is 4.39 Å². The molecule has 3 rings (SSSR count). The lowest BCUT2D eigenvalue weighted by Crippen LogP contribution is -2.51. The molecular formula is C35H50ClFN3O4+. The van der Waals surface area contributed by atoms with Gasteiger partial charge in [-0.3, -0.25) is 14.4 Å². The summed E-state index contributed by atoms with van der Waals surface area (Å²) in [6.45, 7) is 9.09. The highest BCUT2D eigenvalue weighted by Gasteiger charge is 2.40. The largest absolute Gasteiger partial charge is 0.454 e. The second-order valence-electron chi connectivity index (χ2n) is 12.4. The van der Waals surface area contributed by atoms with Gasteiger partial charge in [0, 0.05) is 49.5 Å². The number of piperidine rings is 1. The number of hydrogen-bond acceptors (Lipinski definition) is 5. The lowest BCUT2D eigenvalue weighted by Gasteiger charge is -2.41. The Labute approximate surface area is 267 Å². The fraction of sp³-hybridized carbons (Fsp3) is 0.571. The van der Waals surface area contributed by atoms with Crippen molar-refractivity contribution in [1.82, 2.24) is 10.2 Å². The number of halogens is 2. The Morgan fingerprint density at radius 3 is 2.14 bits per heavy atom.